The third kappa shape index (κ3) is 3.46. The molecule has 1 aliphatic carbocycles. The molecule has 1 fully saturated rings. The number of nitrogens with zero attached hydrogens (tertiary/aromatic N) is 1. The van der Waals surface area contributed by atoms with Gasteiger partial charge in [0.15, 0.2) is 0 Å². The molecule has 20 heavy (non-hydrogen) atoms. The Hall–Kier alpha value is -1.66. The molecule has 0 heterocycles. The summed E-state index contributed by atoms with van der Waals surface area (Å²) in [7, 11) is 0. The van der Waals surface area contributed by atoms with Crippen LogP contribution in [0.4, 0.5) is 11.4 Å². The van der Waals surface area contributed by atoms with Crippen LogP contribution in [-0.4, -0.2) is 16.4 Å². The van der Waals surface area contributed by atoms with Gasteiger partial charge in [-0.3, -0.25) is 14.9 Å². The van der Waals surface area contributed by atoms with Crippen molar-refractivity contribution in [3.63, 3.8) is 0 Å². The van der Waals surface area contributed by atoms with Gasteiger partial charge in [0.2, 0.25) is 5.91 Å². The molecule has 0 unspecified atom stereocenters. The number of nitrogens with two attached hydrogens (primary N) is 1. The molecule has 1 aromatic rings. The maximum Gasteiger partial charge on any atom is 0.292 e. The lowest BCUT2D eigenvalue weighted by Gasteiger charge is -2.22. The van der Waals surface area contributed by atoms with Gasteiger partial charge in [0.05, 0.1) is 4.92 Å². The van der Waals surface area contributed by atoms with Crippen molar-refractivity contribution in [2.75, 3.05) is 5.32 Å². The van der Waals surface area contributed by atoms with E-state index in [9.17, 15) is 14.9 Å². The number of amides is 1. The zero-order valence-electron chi connectivity index (χ0n) is 10.9. The second-order valence-electron chi connectivity index (χ2n) is 5.21. The Kier molecular flexibility index (Phi) is 4.25. The van der Waals surface area contributed by atoms with E-state index >= 15 is 0 Å². The number of halogens is 1. The Morgan fingerprint density at radius 3 is 2.70 bits per heavy atom. The van der Waals surface area contributed by atoms with Gasteiger partial charge >= 0.3 is 0 Å². The molecule has 0 atom stereocenters. The molecule has 1 aliphatic rings. The van der Waals surface area contributed by atoms with Gasteiger partial charge in [0.25, 0.3) is 5.69 Å². The maximum absolute atomic E-state index is 12.0. The zero-order chi connectivity index (χ0) is 14.8. The second kappa shape index (κ2) is 5.76. The standard InChI is InChI=1S/C13H16ClN3O3/c14-9-3-4-11(17(19)20)10(7-9)16-12(18)8-13(15)5-1-2-6-13/h3-4,7H,1-2,5-6,8,15H2,(H,16,18). The van der Waals surface area contributed by atoms with Gasteiger partial charge in [-0.15, -0.1) is 0 Å². The topological polar surface area (TPSA) is 98.3 Å². The highest BCUT2D eigenvalue weighted by Gasteiger charge is 2.32. The summed E-state index contributed by atoms with van der Waals surface area (Å²) < 4.78 is 0. The first-order valence-electron chi connectivity index (χ1n) is 6.42. The number of nitro groups is 1. The minimum atomic E-state index is -0.556. The lowest BCUT2D eigenvalue weighted by molar-refractivity contribution is -0.383. The molecule has 0 aromatic heterocycles. The Bertz CT molecular complexity index is 542. The molecular formula is C13H16ClN3O3. The predicted octanol–water partition coefficient (Wildman–Crippen LogP) is 2.85. The van der Waals surface area contributed by atoms with Crippen molar-refractivity contribution >= 4 is 28.9 Å². The van der Waals surface area contributed by atoms with Crippen LogP contribution in [0.2, 0.25) is 5.02 Å². The second-order valence-corrected chi connectivity index (χ2v) is 5.65. The van der Waals surface area contributed by atoms with Gasteiger partial charge in [0.1, 0.15) is 5.69 Å². The van der Waals surface area contributed by atoms with Gasteiger partial charge < -0.3 is 11.1 Å². The van der Waals surface area contributed by atoms with Crippen molar-refractivity contribution in [2.24, 2.45) is 5.73 Å². The third-order valence-corrected chi connectivity index (χ3v) is 3.78. The normalized spacial score (nSPS) is 16.9. The Morgan fingerprint density at radius 2 is 2.10 bits per heavy atom. The fraction of sp³-hybridized carbons (Fsp3) is 0.462. The average molecular weight is 298 g/mol. The van der Waals surface area contributed by atoms with Crippen LogP contribution in [0.25, 0.3) is 0 Å². The number of hydrogen-bond donors (Lipinski definition) is 2. The Balaban J connectivity index is 2.11. The minimum Gasteiger partial charge on any atom is -0.325 e. The molecule has 1 aromatic carbocycles. The summed E-state index contributed by atoms with van der Waals surface area (Å²) in [5.41, 5.74) is 5.56. The molecule has 0 bridgehead atoms. The summed E-state index contributed by atoms with van der Waals surface area (Å²) in [5.74, 6) is -0.320. The number of carbonyl (C=O) groups is 1. The number of benzene rings is 1. The number of nitro benzene ring substituents is 1. The van der Waals surface area contributed by atoms with Crippen LogP contribution in [0.15, 0.2) is 18.2 Å². The third-order valence-electron chi connectivity index (χ3n) is 3.54. The molecular weight excluding hydrogens is 282 g/mol. The van der Waals surface area contributed by atoms with Crippen LogP contribution >= 0.6 is 11.6 Å². The molecule has 1 saturated carbocycles. The van der Waals surface area contributed by atoms with Crippen LogP contribution in [0.1, 0.15) is 32.1 Å². The van der Waals surface area contributed by atoms with Crippen molar-refractivity contribution in [3.8, 4) is 0 Å². The zero-order valence-corrected chi connectivity index (χ0v) is 11.7. The lowest BCUT2D eigenvalue weighted by atomic mass is 9.94. The van der Waals surface area contributed by atoms with Crippen LogP contribution in [-0.2, 0) is 4.79 Å². The van der Waals surface area contributed by atoms with E-state index in [0.29, 0.717) is 5.02 Å². The van der Waals surface area contributed by atoms with Crippen LogP contribution < -0.4 is 11.1 Å². The number of hydrogen-bond acceptors (Lipinski definition) is 4. The molecule has 6 nitrogen and oxygen atoms in total. The molecule has 108 valence electrons. The van der Waals surface area contributed by atoms with E-state index in [0.717, 1.165) is 25.7 Å². The van der Waals surface area contributed by atoms with E-state index in [4.69, 9.17) is 17.3 Å². The first-order valence-corrected chi connectivity index (χ1v) is 6.80. The first kappa shape index (κ1) is 14.7. The summed E-state index contributed by atoms with van der Waals surface area (Å²) >= 11 is 5.80. The fourth-order valence-corrected chi connectivity index (χ4v) is 2.71. The van der Waals surface area contributed by atoms with E-state index in [1.807, 2.05) is 0 Å². The highest BCUT2D eigenvalue weighted by Crippen LogP contribution is 2.32. The summed E-state index contributed by atoms with van der Waals surface area (Å²) in [4.78, 5) is 22.4. The molecule has 0 spiro atoms. The fourth-order valence-electron chi connectivity index (χ4n) is 2.54. The molecule has 1 amide bonds. The number of carbonyl (C=O) groups excluding carboxylic acids is 1. The van der Waals surface area contributed by atoms with Crippen LogP contribution in [0, 0.1) is 10.1 Å². The van der Waals surface area contributed by atoms with Gasteiger partial charge in [-0.25, -0.2) is 0 Å². The molecule has 0 saturated heterocycles. The van der Waals surface area contributed by atoms with Crippen molar-refractivity contribution in [1.82, 2.24) is 0 Å². The summed E-state index contributed by atoms with van der Waals surface area (Å²) in [6.07, 6.45) is 3.80. The van der Waals surface area contributed by atoms with E-state index in [1.165, 1.54) is 18.2 Å². The SMILES string of the molecule is NC1(CC(=O)Nc2cc(Cl)ccc2[N+](=O)[O-])CCCC1. The number of nitrogens with one attached hydrogen (secondary N) is 1. The van der Waals surface area contributed by atoms with E-state index in [1.54, 1.807) is 0 Å². The largest absolute Gasteiger partial charge is 0.325 e. The predicted molar refractivity (Wildman–Crippen MR) is 76.7 cm³/mol. The maximum atomic E-state index is 12.0. The van der Waals surface area contributed by atoms with Gasteiger partial charge in [0, 0.05) is 23.0 Å². The van der Waals surface area contributed by atoms with Gasteiger partial charge in [-0.2, -0.15) is 0 Å². The first-order chi connectivity index (χ1) is 9.39. The number of rotatable bonds is 4. The molecule has 2 rings (SSSR count). The lowest BCUT2D eigenvalue weighted by Crippen LogP contribution is -2.40. The summed E-state index contributed by atoms with van der Waals surface area (Å²) in [6, 6.07) is 4.05. The average Bonchev–Trinajstić information content (AvgIpc) is 2.74. The van der Waals surface area contributed by atoms with Crippen LogP contribution in [0.3, 0.4) is 0 Å². The quantitative estimate of drug-likeness (QED) is 0.659. The van der Waals surface area contributed by atoms with Crippen molar-refractivity contribution in [3.05, 3.63) is 33.3 Å². The van der Waals surface area contributed by atoms with Crippen molar-refractivity contribution in [1.29, 1.82) is 0 Å². The molecule has 0 aliphatic heterocycles. The highest BCUT2D eigenvalue weighted by atomic mass is 35.5. The smallest absolute Gasteiger partial charge is 0.292 e. The van der Waals surface area contributed by atoms with E-state index < -0.39 is 10.5 Å². The minimum absolute atomic E-state index is 0.106. The Morgan fingerprint density at radius 1 is 1.45 bits per heavy atom. The summed E-state index contributed by atoms with van der Waals surface area (Å²) in [6.45, 7) is 0. The van der Waals surface area contributed by atoms with E-state index in [-0.39, 0.29) is 23.7 Å². The summed E-state index contributed by atoms with van der Waals surface area (Å²) in [5, 5.41) is 13.8. The molecule has 3 N–H and O–H groups in total. The van der Waals surface area contributed by atoms with Crippen molar-refractivity contribution in [2.45, 2.75) is 37.6 Å². The molecule has 7 heteroatoms. The van der Waals surface area contributed by atoms with Crippen LogP contribution in [0.5, 0.6) is 0 Å². The highest BCUT2D eigenvalue weighted by molar-refractivity contribution is 6.31. The Labute approximate surface area is 121 Å². The van der Waals surface area contributed by atoms with Gasteiger partial charge in [-0.05, 0) is 25.0 Å². The van der Waals surface area contributed by atoms with Crippen molar-refractivity contribution < 1.29 is 9.72 Å². The van der Waals surface area contributed by atoms with E-state index in [2.05, 4.69) is 5.32 Å². The van der Waals surface area contributed by atoms with Gasteiger partial charge in [-0.1, -0.05) is 24.4 Å². The number of anilines is 1. The monoisotopic (exact) mass is 297 g/mol. The molecule has 0 radical (unpaired) electrons.